The molecule has 76 valence electrons. The standard InChI is InChI=1S/C9H17ClN2O/c1-12-5-3-2-4-8(12)7-11-9(13)6-10/h8H,2-7H2,1H3,(H,11,13)/t8-/m0/s1. The second-order valence-corrected chi connectivity index (χ2v) is 3.84. The van der Waals surface area contributed by atoms with Gasteiger partial charge in [-0.2, -0.15) is 0 Å². The number of carbonyl (C=O) groups is 1. The lowest BCUT2D eigenvalue weighted by atomic mass is 10.0. The number of nitrogens with zero attached hydrogens (tertiary/aromatic N) is 1. The molecule has 3 nitrogen and oxygen atoms in total. The second kappa shape index (κ2) is 5.45. The molecule has 1 aliphatic heterocycles. The van der Waals surface area contributed by atoms with E-state index in [0.717, 1.165) is 13.1 Å². The van der Waals surface area contributed by atoms with E-state index in [1.165, 1.54) is 19.3 Å². The van der Waals surface area contributed by atoms with Gasteiger partial charge in [0, 0.05) is 12.6 Å². The maximum atomic E-state index is 10.9. The van der Waals surface area contributed by atoms with E-state index < -0.39 is 0 Å². The average molecular weight is 205 g/mol. The first-order valence-corrected chi connectivity index (χ1v) is 5.30. The van der Waals surface area contributed by atoms with E-state index in [-0.39, 0.29) is 11.8 Å². The number of amides is 1. The Labute approximate surface area is 84.4 Å². The fraction of sp³-hybridized carbons (Fsp3) is 0.889. The van der Waals surface area contributed by atoms with E-state index in [1.807, 2.05) is 0 Å². The lowest BCUT2D eigenvalue weighted by Crippen LogP contribution is -2.44. The smallest absolute Gasteiger partial charge is 0.234 e. The summed E-state index contributed by atoms with van der Waals surface area (Å²) >= 11 is 5.38. The monoisotopic (exact) mass is 204 g/mol. The van der Waals surface area contributed by atoms with Gasteiger partial charge in [0.15, 0.2) is 0 Å². The van der Waals surface area contributed by atoms with E-state index >= 15 is 0 Å². The highest BCUT2D eigenvalue weighted by molar-refractivity contribution is 6.27. The van der Waals surface area contributed by atoms with E-state index in [1.54, 1.807) is 0 Å². The van der Waals surface area contributed by atoms with Gasteiger partial charge in [-0.15, -0.1) is 11.6 Å². The van der Waals surface area contributed by atoms with Crippen molar-refractivity contribution in [3.05, 3.63) is 0 Å². The molecule has 0 radical (unpaired) electrons. The SMILES string of the molecule is CN1CCCC[C@H]1CNC(=O)CCl. The summed E-state index contributed by atoms with van der Waals surface area (Å²) in [6.45, 7) is 1.88. The molecule has 1 heterocycles. The Hall–Kier alpha value is -0.280. The van der Waals surface area contributed by atoms with Crippen molar-refractivity contribution in [2.45, 2.75) is 25.3 Å². The molecule has 1 aliphatic rings. The van der Waals surface area contributed by atoms with Crippen LogP contribution in [0, 0.1) is 0 Å². The molecule has 0 aliphatic carbocycles. The Morgan fingerprint density at radius 2 is 2.38 bits per heavy atom. The molecule has 0 aromatic heterocycles. The lowest BCUT2D eigenvalue weighted by Gasteiger charge is -2.32. The third-order valence-electron chi connectivity index (χ3n) is 2.58. The molecule has 1 fully saturated rings. The fourth-order valence-electron chi connectivity index (χ4n) is 1.68. The predicted molar refractivity (Wildman–Crippen MR) is 54.0 cm³/mol. The molecule has 1 N–H and O–H groups in total. The number of likely N-dealkylation sites (N-methyl/N-ethyl adjacent to an activating group) is 1. The van der Waals surface area contributed by atoms with Crippen molar-refractivity contribution in [1.29, 1.82) is 0 Å². The molecule has 1 atom stereocenters. The summed E-state index contributed by atoms with van der Waals surface area (Å²) in [7, 11) is 2.11. The van der Waals surface area contributed by atoms with Gasteiger partial charge in [0.1, 0.15) is 5.88 Å². The lowest BCUT2D eigenvalue weighted by molar-refractivity contribution is -0.118. The predicted octanol–water partition coefficient (Wildman–Crippen LogP) is 0.826. The Bertz CT molecular complexity index is 175. The number of carbonyl (C=O) groups excluding carboxylic acids is 1. The van der Waals surface area contributed by atoms with Crippen LogP contribution in [0.4, 0.5) is 0 Å². The zero-order valence-corrected chi connectivity index (χ0v) is 8.81. The zero-order chi connectivity index (χ0) is 9.68. The number of rotatable bonds is 3. The molecule has 13 heavy (non-hydrogen) atoms. The molecule has 0 saturated carbocycles. The number of nitrogens with one attached hydrogen (secondary N) is 1. The third kappa shape index (κ3) is 3.53. The van der Waals surface area contributed by atoms with Crippen molar-refractivity contribution in [3.63, 3.8) is 0 Å². The molecular weight excluding hydrogens is 188 g/mol. The number of likely N-dealkylation sites (tertiary alicyclic amines) is 1. The number of hydrogen-bond donors (Lipinski definition) is 1. The molecular formula is C9H17ClN2O. The normalized spacial score (nSPS) is 24.3. The molecule has 1 saturated heterocycles. The Kier molecular flexibility index (Phi) is 4.53. The first-order valence-electron chi connectivity index (χ1n) is 4.77. The molecule has 0 spiro atoms. The largest absolute Gasteiger partial charge is 0.353 e. The summed E-state index contributed by atoms with van der Waals surface area (Å²) < 4.78 is 0. The molecule has 1 amide bonds. The highest BCUT2D eigenvalue weighted by Crippen LogP contribution is 2.13. The Morgan fingerprint density at radius 1 is 1.62 bits per heavy atom. The molecule has 0 unspecified atom stereocenters. The van der Waals surface area contributed by atoms with E-state index in [9.17, 15) is 4.79 Å². The van der Waals surface area contributed by atoms with Gasteiger partial charge in [-0.25, -0.2) is 0 Å². The van der Waals surface area contributed by atoms with Crippen LogP contribution in [-0.4, -0.2) is 42.9 Å². The molecule has 0 bridgehead atoms. The van der Waals surface area contributed by atoms with Crippen molar-refractivity contribution >= 4 is 17.5 Å². The van der Waals surface area contributed by atoms with Gasteiger partial charge in [0.05, 0.1) is 0 Å². The molecule has 0 aromatic rings. The van der Waals surface area contributed by atoms with Crippen LogP contribution in [0.2, 0.25) is 0 Å². The van der Waals surface area contributed by atoms with Crippen LogP contribution in [0.15, 0.2) is 0 Å². The van der Waals surface area contributed by atoms with Gasteiger partial charge in [0.2, 0.25) is 5.91 Å². The van der Waals surface area contributed by atoms with E-state index in [0.29, 0.717) is 6.04 Å². The van der Waals surface area contributed by atoms with E-state index in [2.05, 4.69) is 17.3 Å². The van der Waals surface area contributed by atoms with Gasteiger partial charge < -0.3 is 10.2 Å². The maximum Gasteiger partial charge on any atom is 0.234 e. The maximum absolute atomic E-state index is 10.9. The van der Waals surface area contributed by atoms with Gasteiger partial charge in [0.25, 0.3) is 0 Å². The van der Waals surface area contributed by atoms with Crippen molar-refractivity contribution in [3.8, 4) is 0 Å². The van der Waals surface area contributed by atoms with Crippen molar-refractivity contribution in [1.82, 2.24) is 10.2 Å². The molecule has 0 aromatic carbocycles. The van der Waals surface area contributed by atoms with Crippen LogP contribution in [-0.2, 0) is 4.79 Å². The van der Waals surface area contributed by atoms with E-state index in [4.69, 9.17) is 11.6 Å². The summed E-state index contributed by atoms with van der Waals surface area (Å²) in [6, 6.07) is 0.501. The minimum absolute atomic E-state index is 0.0659. The number of halogens is 1. The van der Waals surface area contributed by atoms with Crippen LogP contribution in [0.1, 0.15) is 19.3 Å². The summed E-state index contributed by atoms with van der Waals surface area (Å²) in [6.07, 6.45) is 3.72. The molecule has 1 rings (SSSR count). The van der Waals surface area contributed by atoms with Crippen molar-refractivity contribution in [2.24, 2.45) is 0 Å². The first-order chi connectivity index (χ1) is 6.24. The number of alkyl halides is 1. The second-order valence-electron chi connectivity index (χ2n) is 3.57. The highest BCUT2D eigenvalue weighted by Gasteiger charge is 2.18. The van der Waals surface area contributed by atoms with Gasteiger partial charge in [-0.3, -0.25) is 4.79 Å². The Balaban J connectivity index is 2.22. The van der Waals surface area contributed by atoms with Crippen LogP contribution in [0.3, 0.4) is 0 Å². The van der Waals surface area contributed by atoms with Crippen molar-refractivity contribution < 1.29 is 4.79 Å². The van der Waals surface area contributed by atoms with Crippen LogP contribution >= 0.6 is 11.6 Å². The zero-order valence-electron chi connectivity index (χ0n) is 8.05. The summed E-state index contributed by atoms with van der Waals surface area (Å²) in [5, 5.41) is 2.82. The summed E-state index contributed by atoms with van der Waals surface area (Å²) in [4.78, 5) is 13.2. The highest BCUT2D eigenvalue weighted by atomic mass is 35.5. The summed E-state index contributed by atoms with van der Waals surface area (Å²) in [5.41, 5.74) is 0. The first kappa shape index (κ1) is 10.8. The third-order valence-corrected chi connectivity index (χ3v) is 2.82. The average Bonchev–Trinajstić information content (AvgIpc) is 2.16. The summed E-state index contributed by atoms with van der Waals surface area (Å²) in [5.74, 6) is -0.00294. The van der Waals surface area contributed by atoms with Crippen molar-refractivity contribution in [2.75, 3.05) is 26.0 Å². The van der Waals surface area contributed by atoms with Crippen LogP contribution in [0.25, 0.3) is 0 Å². The van der Waals surface area contributed by atoms with Gasteiger partial charge in [-0.05, 0) is 26.4 Å². The quantitative estimate of drug-likeness (QED) is 0.691. The topological polar surface area (TPSA) is 32.3 Å². The number of hydrogen-bond acceptors (Lipinski definition) is 2. The Morgan fingerprint density at radius 3 is 3.00 bits per heavy atom. The van der Waals surface area contributed by atoms with Gasteiger partial charge >= 0.3 is 0 Å². The molecule has 4 heteroatoms. The minimum atomic E-state index is -0.0689. The number of piperidine rings is 1. The minimum Gasteiger partial charge on any atom is -0.353 e. The fourth-order valence-corrected chi connectivity index (χ4v) is 1.78. The van der Waals surface area contributed by atoms with Gasteiger partial charge in [-0.1, -0.05) is 6.42 Å². The van der Waals surface area contributed by atoms with Crippen LogP contribution in [0.5, 0.6) is 0 Å². The van der Waals surface area contributed by atoms with Crippen LogP contribution < -0.4 is 5.32 Å².